The lowest BCUT2D eigenvalue weighted by atomic mass is 10.2. The molecule has 1 saturated carbocycles. The predicted molar refractivity (Wildman–Crippen MR) is 60.4 cm³/mol. The average Bonchev–Trinajstić information content (AvgIpc) is 2.76. The summed E-state index contributed by atoms with van der Waals surface area (Å²) in [7, 11) is -3.21. The Morgan fingerprint density at radius 1 is 1.47 bits per heavy atom. The lowest BCUT2D eigenvalue weighted by Crippen LogP contribution is -2.30. The van der Waals surface area contributed by atoms with Gasteiger partial charge in [0.2, 0.25) is 9.84 Å². The zero-order chi connectivity index (χ0) is 10.9. The highest BCUT2D eigenvalue weighted by molar-refractivity contribution is 8.09. The van der Waals surface area contributed by atoms with Crippen LogP contribution in [0.1, 0.15) is 32.6 Å². The fourth-order valence-corrected chi connectivity index (χ4v) is 3.04. The van der Waals surface area contributed by atoms with Crippen LogP contribution >= 0.6 is 0 Å². The lowest BCUT2D eigenvalue weighted by molar-refractivity contribution is 0.550. The minimum Gasteiger partial charge on any atom is -0.309 e. The van der Waals surface area contributed by atoms with Crippen LogP contribution in [0.2, 0.25) is 0 Å². The van der Waals surface area contributed by atoms with E-state index in [-0.39, 0.29) is 5.04 Å². The number of aliphatic imine (C=N–C) groups is 1. The molecule has 1 heterocycles. The van der Waals surface area contributed by atoms with Gasteiger partial charge in [-0.1, -0.05) is 12.8 Å². The van der Waals surface area contributed by atoms with Crippen LogP contribution in [0.5, 0.6) is 0 Å². The first-order valence-electron chi connectivity index (χ1n) is 5.32. The Bertz CT molecular complexity index is 403. The first kappa shape index (κ1) is 10.8. The number of hydrogen-bond donors (Lipinski definition) is 1. The van der Waals surface area contributed by atoms with E-state index in [2.05, 4.69) is 10.3 Å². The third kappa shape index (κ3) is 2.13. The zero-order valence-electron chi connectivity index (χ0n) is 8.86. The van der Waals surface area contributed by atoms with Crippen molar-refractivity contribution in [1.29, 1.82) is 0 Å². The summed E-state index contributed by atoms with van der Waals surface area (Å²) in [5.74, 6) is 0. The van der Waals surface area contributed by atoms with Crippen LogP contribution in [-0.4, -0.2) is 26.0 Å². The molecule has 0 bridgehead atoms. The molecule has 0 saturated heterocycles. The van der Waals surface area contributed by atoms with Crippen molar-refractivity contribution < 1.29 is 8.42 Å². The number of hydrogen-bond acceptors (Lipinski definition) is 4. The second-order valence-corrected chi connectivity index (χ2v) is 6.23. The summed E-state index contributed by atoms with van der Waals surface area (Å²) in [4.78, 5) is 4.25. The first-order chi connectivity index (χ1) is 7.10. The Balaban J connectivity index is 1.92. The minimum absolute atomic E-state index is 0.214. The summed E-state index contributed by atoms with van der Waals surface area (Å²) in [5, 5.41) is 3.49. The molecule has 0 unspecified atom stereocenters. The van der Waals surface area contributed by atoms with Crippen molar-refractivity contribution in [2.24, 2.45) is 4.99 Å². The predicted octanol–water partition coefficient (Wildman–Crippen LogP) is 1.21. The van der Waals surface area contributed by atoms with Gasteiger partial charge in [0.25, 0.3) is 0 Å². The Morgan fingerprint density at radius 3 is 2.67 bits per heavy atom. The average molecular weight is 228 g/mol. The summed E-state index contributed by atoms with van der Waals surface area (Å²) in [6, 6.07) is 0.488. The molecular weight excluding hydrogens is 212 g/mol. The quantitative estimate of drug-likeness (QED) is 0.789. The molecule has 0 radical (unpaired) electrons. The van der Waals surface area contributed by atoms with Crippen LogP contribution in [0.3, 0.4) is 0 Å². The van der Waals surface area contributed by atoms with Gasteiger partial charge in [-0.3, -0.25) is 0 Å². The largest absolute Gasteiger partial charge is 0.309 e. The van der Waals surface area contributed by atoms with Gasteiger partial charge in [0.1, 0.15) is 5.04 Å². The highest BCUT2D eigenvalue weighted by atomic mass is 32.2. The van der Waals surface area contributed by atoms with Crippen LogP contribution in [0.15, 0.2) is 16.1 Å². The molecule has 0 amide bonds. The topological polar surface area (TPSA) is 58.5 Å². The van der Waals surface area contributed by atoms with Crippen molar-refractivity contribution in [1.82, 2.24) is 5.32 Å². The van der Waals surface area contributed by atoms with Gasteiger partial charge < -0.3 is 5.32 Å². The first-order valence-corrected chi connectivity index (χ1v) is 6.81. The Labute approximate surface area is 90.4 Å². The molecular formula is C10H16N2O2S. The third-order valence-corrected chi connectivity index (χ3v) is 4.87. The summed E-state index contributed by atoms with van der Waals surface area (Å²) in [6.07, 6.45) is 6.28. The van der Waals surface area contributed by atoms with E-state index in [1.54, 1.807) is 0 Å². The van der Waals surface area contributed by atoms with E-state index >= 15 is 0 Å². The fourth-order valence-electron chi connectivity index (χ4n) is 2.01. The van der Waals surface area contributed by atoms with Gasteiger partial charge in [0.15, 0.2) is 0 Å². The van der Waals surface area contributed by atoms with Gasteiger partial charge in [-0.05, 0) is 19.8 Å². The van der Waals surface area contributed by atoms with Crippen molar-refractivity contribution in [3.63, 3.8) is 0 Å². The monoisotopic (exact) mass is 228 g/mol. The van der Waals surface area contributed by atoms with Crippen molar-refractivity contribution in [3.05, 3.63) is 11.1 Å². The van der Waals surface area contributed by atoms with E-state index in [1.807, 2.05) is 0 Å². The molecule has 0 atom stereocenters. The van der Waals surface area contributed by atoms with Crippen molar-refractivity contribution >= 4 is 14.9 Å². The molecule has 15 heavy (non-hydrogen) atoms. The zero-order valence-corrected chi connectivity index (χ0v) is 9.68. The maximum atomic E-state index is 11.7. The molecule has 2 rings (SSSR count). The molecule has 84 valence electrons. The fraction of sp³-hybridized carbons (Fsp3) is 0.700. The summed E-state index contributed by atoms with van der Waals surface area (Å²) in [5.41, 5.74) is 0. The molecule has 0 spiro atoms. The number of sulfone groups is 1. The Morgan fingerprint density at radius 2 is 2.13 bits per heavy atom. The van der Waals surface area contributed by atoms with Gasteiger partial charge in [0, 0.05) is 18.8 Å². The smallest absolute Gasteiger partial charge is 0.218 e. The van der Waals surface area contributed by atoms with E-state index in [0.717, 1.165) is 12.8 Å². The van der Waals surface area contributed by atoms with Gasteiger partial charge in [-0.2, -0.15) is 0 Å². The minimum atomic E-state index is -3.21. The van der Waals surface area contributed by atoms with Crippen molar-refractivity contribution in [3.8, 4) is 0 Å². The molecule has 4 nitrogen and oxygen atoms in total. The second-order valence-electron chi connectivity index (χ2n) is 4.11. The van der Waals surface area contributed by atoms with Crippen LogP contribution in [0.4, 0.5) is 0 Å². The van der Waals surface area contributed by atoms with Gasteiger partial charge >= 0.3 is 0 Å². The Hall–Kier alpha value is -0.680. The SMILES string of the molecule is CC1=NC=C(CNC2CCCC2)S1(=O)=O. The third-order valence-electron chi connectivity index (χ3n) is 3.04. The van der Waals surface area contributed by atoms with Gasteiger partial charge in [-0.25, -0.2) is 13.4 Å². The van der Waals surface area contributed by atoms with Crippen molar-refractivity contribution in [2.45, 2.75) is 38.6 Å². The maximum Gasteiger partial charge on any atom is 0.218 e. The Kier molecular flexibility index (Phi) is 2.93. The molecule has 2 aliphatic rings. The van der Waals surface area contributed by atoms with Gasteiger partial charge in [0.05, 0.1) is 4.91 Å². The summed E-state index contributed by atoms with van der Waals surface area (Å²) >= 11 is 0. The van der Waals surface area contributed by atoms with E-state index in [4.69, 9.17) is 0 Å². The molecule has 1 aliphatic carbocycles. The van der Waals surface area contributed by atoms with Crippen LogP contribution in [0.25, 0.3) is 0 Å². The van der Waals surface area contributed by atoms with Crippen LogP contribution in [-0.2, 0) is 9.84 Å². The maximum absolute atomic E-state index is 11.7. The molecule has 0 aromatic carbocycles. The highest BCUT2D eigenvalue weighted by Crippen LogP contribution is 2.20. The second kappa shape index (κ2) is 4.06. The molecule has 0 aromatic rings. The van der Waals surface area contributed by atoms with Crippen LogP contribution < -0.4 is 5.32 Å². The van der Waals surface area contributed by atoms with Crippen LogP contribution in [0, 0.1) is 0 Å². The highest BCUT2D eigenvalue weighted by Gasteiger charge is 2.26. The molecule has 5 heteroatoms. The van der Waals surface area contributed by atoms with Crippen molar-refractivity contribution in [2.75, 3.05) is 6.54 Å². The number of nitrogens with one attached hydrogen (secondary N) is 1. The van der Waals surface area contributed by atoms with E-state index in [1.165, 1.54) is 26.0 Å². The number of nitrogens with zero attached hydrogens (tertiary/aromatic N) is 1. The van der Waals surface area contributed by atoms with E-state index < -0.39 is 9.84 Å². The molecule has 1 N–H and O–H groups in total. The lowest BCUT2D eigenvalue weighted by Gasteiger charge is -2.11. The standard InChI is InChI=1S/C10H16N2O2S/c1-8-11-6-10(15(8,13)14)7-12-9-4-2-3-5-9/h6,9,12H,2-5,7H2,1H3. The molecule has 0 aromatic heterocycles. The van der Waals surface area contributed by atoms with E-state index in [0.29, 0.717) is 17.5 Å². The van der Waals surface area contributed by atoms with Gasteiger partial charge in [-0.15, -0.1) is 0 Å². The summed E-state index contributed by atoms with van der Waals surface area (Å²) < 4.78 is 23.3. The summed E-state index contributed by atoms with van der Waals surface area (Å²) in [6.45, 7) is 1.96. The number of rotatable bonds is 3. The van der Waals surface area contributed by atoms with E-state index in [9.17, 15) is 8.42 Å². The normalized spacial score (nSPS) is 25.4. The molecule has 1 aliphatic heterocycles. The molecule has 1 fully saturated rings.